The van der Waals surface area contributed by atoms with E-state index >= 15 is 0 Å². The zero-order chi connectivity index (χ0) is 21.5. The second-order valence-electron chi connectivity index (χ2n) is 7.64. The van der Waals surface area contributed by atoms with Gasteiger partial charge in [-0.3, -0.25) is 4.79 Å². The van der Waals surface area contributed by atoms with Gasteiger partial charge in [0.15, 0.2) is 0 Å². The van der Waals surface area contributed by atoms with Crippen LogP contribution >= 0.6 is 11.6 Å². The number of halogens is 1. The van der Waals surface area contributed by atoms with Crippen LogP contribution in [0, 0.1) is 13.8 Å². The monoisotopic (exact) mass is 433 g/mol. The van der Waals surface area contributed by atoms with Crippen molar-refractivity contribution in [3.05, 3.63) is 75.3 Å². The van der Waals surface area contributed by atoms with E-state index in [4.69, 9.17) is 21.4 Å². The van der Waals surface area contributed by atoms with Gasteiger partial charge in [0, 0.05) is 33.9 Å². The third-order valence-corrected chi connectivity index (χ3v) is 5.66. The van der Waals surface area contributed by atoms with Gasteiger partial charge in [0.1, 0.15) is 17.0 Å². The third-order valence-electron chi connectivity index (χ3n) is 5.41. The van der Waals surface area contributed by atoms with E-state index in [0.717, 1.165) is 16.8 Å². The Labute approximate surface area is 183 Å². The zero-order valence-corrected chi connectivity index (χ0v) is 17.8. The van der Waals surface area contributed by atoms with Crippen molar-refractivity contribution >= 4 is 28.3 Å². The first-order chi connectivity index (χ1) is 15.0. The van der Waals surface area contributed by atoms with E-state index in [1.54, 1.807) is 12.3 Å². The van der Waals surface area contributed by atoms with E-state index < -0.39 is 0 Å². The van der Waals surface area contributed by atoms with Crippen LogP contribution in [-0.4, -0.2) is 39.0 Å². The minimum Gasteiger partial charge on any atom is -0.377 e. The van der Waals surface area contributed by atoms with Crippen LogP contribution < -0.4 is 10.9 Å². The van der Waals surface area contributed by atoms with Crippen LogP contribution in [0.4, 0.5) is 5.82 Å². The zero-order valence-electron chi connectivity index (χ0n) is 17.1. The normalized spacial score (nSPS) is 13.9. The average molecular weight is 434 g/mol. The van der Waals surface area contributed by atoms with Gasteiger partial charge in [0.25, 0.3) is 5.56 Å². The first kappa shape index (κ1) is 19.7. The highest BCUT2D eigenvalue weighted by Gasteiger charge is 2.19. The highest BCUT2D eigenvalue weighted by molar-refractivity contribution is 6.30. The number of rotatable bonds is 4. The smallest absolute Gasteiger partial charge is 0.298 e. The van der Waals surface area contributed by atoms with Crippen molar-refractivity contribution in [1.82, 2.24) is 19.7 Å². The molecule has 8 heteroatoms. The lowest BCUT2D eigenvalue weighted by Crippen LogP contribution is -2.40. The second-order valence-corrected chi connectivity index (χ2v) is 8.07. The molecule has 0 saturated carbocycles. The van der Waals surface area contributed by atoms with Gasteiger partial charge < -0.3 is 10.1 Å². The fourth-order valence-electron chi connectivity index (χ4n) is 3.50. The van der Waals surface area contributed by atoms with E-state index in [2.05, 4.69) is 15.3 Å². The quantitative estimate of drug-likeness (QED) is 0.525. The summed E-state index contributed by atoms with van der Waals surface area (Å²) in [5.74, 6) is 0.667. The van der Waals surface area contributed by atoms with Crippen molar-refractivity contribution in [3.8, 4) is 16.9 Å². The van der Waals surface area contributed by atoms with Crippen molar-refractivity contribution in [1.29, 1.82) is 0 Å². The Hall–Kier alpha value is -3.29. The summed E-state index contributed by atoms with van der Waals surface area (Å²) >= 11 is 6.08. The van der Waals surface area contributed by atoms with Gasteiger partial charge in [-0.25, -0.2) is 9.97 Å². The first-order valence-electron chi connectivity index (χ1n) is 9.97. The molecule has 0 atom stereocenters. The van der Waals surface area contributed by atoms with Crippen LogP contribution in [0.15, 0.2) is 53.5 Å². The molecular formula is C23H20ClN5O2. The van der Waals surface area contributed by atoms with Crippen molar-refractivity contribution in [2.24, 2.45) is 0 Å². The number of anilines is 1. The number of benzene rings is 1. The predicted octanol–water partition coefficient (Wildman–Crippen LogP) is 3.92. The minimum atomic E-state index is -0.278. The molecule has 1 aliphatic heterocycles. The second kappa shape index (κ2) is 7.76. The molecule has 7 nitrogen and oxygen atoms in total. The Morgan fingerprint density at radius 1 is 1.13 bits per heavy atom. The van der Waals surface area contributed by atoms with Crippen molar-refractivity contribution < 1.29 is 4.74 Å². The molecule has 1 N–H and O–H groups in total. The maximum absolute atomic E-state index is 13.4. The highest BCUT2D eigenvalue weighted by atomic mass is 35.5. The number of hydrogen-bond acceptors (Lipinski definition) is 6. The van der Waals surface area contributed by atoms with Crippen molar-refractivity contribution in [2.45, 2.75) is 19.9 Å². The molecule has 3 aromatic heterocycles. The molecule has 1 fully saturated rings. The molecule has 31 heavy (non-hydrogen) atoms. The first-order valence-corrected chi connectivity index (χ1v) is 10.4. The Bertz CT molecular complexity index is 1350. The van der Waals surface area contributed by atoms with Crippen LogP contribution in [0.25, 0.3) is 27.8 Å². The number of aryl methyl sites for hydroxylation is 2. The summed E-state index contributed by atoms with van der Waals surface area (Å²) in [5.41, 5.74) is 4.04. The summed E-state index contributed by atoms with van der Waals surface area (Å²) < 4.78 is 6.59. The lowest BCUT2D eigenvalue weighted by atomic mass is 10.1. The van der Waals surface area contributed by atoms with Crippen LogP contribution in [0.2, 0.25) is 5.02 Å². The Kier molecular flexibility index (Phi) is 4.92. The van der Waals surface area contributed by atoms with Gasteiger partial charge in [-0.15, -0.1) is 0 Å². The fourth-order valence-corrected chi connectivity index (χ4v) is 3.63. The molecule has 0 radical (unpaired) electrons. The minimum absolute atomic E-state index is 0.223. The molecule has 0 aliphatic carbocycles. The van der Waals surface area contributed by atoms with E-state index in [1.165, 1.54) is 4.68 Å². The van der Waals surface area contributed by atoms with E-state index in [-0.39, 0.29) is 11.6 Å². The average Bonchev–Trinajstić information content (AvgIpc) is 2.74. The Morgan fingerprint density at radius 3 is 2.61 bits per heavy atom. The SMILES string of the molecule is Cc1cc2c(-c3ccc(Cl)cc3)nn(-c3ccnc(NC4COC4)c3)c(=O)c2nc1C. The number of pyridine rings is 2. The fraction of sp³-hybridized carbons (Fsp3) is 0.217. The number of fused-ring (bicyclic) bond motifs is 1. The van der Waals surface area contributed by atoms with E-state index in [9.17, 15) is 4.79 Å². The van der Waals surface area contributed by atoms with Crippen LogP contribution in [0.3, 0.4) is 0 Å². The summed E-state index contributed by atoms with van der Waals surface area (Å²) in [6.45, 7) is 5.16. The maximum atomic E-state index is 13.4. The molecule has 0 amide bonds. The number of nitrogens with one attached hydrogen (secondary N) is 1. The molecule has 4 aromatic rings. The Morgan fingerprint density at radius 2 is 1.90 bits per heavy atom. The number of nitrogens with zero attached hydrogens (tertiary/aromatic N) is 4. The van der Waals surface area contributed by atoms with Crippen molar-refractivity contribution in [2.75, 3.05) is 18.5 Å². The molecule has 156 valence electrons. The van der Waals surface area contributed by atoms with Crippen LogP contribution in [-0.2, 0) is 4.74 Å². The third kappa shape index (κ3) is 3.66. The highest BCUT2D eigenvalue weighted by Crippen LogP contribution is 2.27. The lowest BCUT2D eigenvalue weighted by molar-refractivity contribution is 0.0209. The van der Waals surface area contributed by atoms with Gasteiger partial charge in [-0.1, -0.05) is 23.7 Å². The van der Waals surface area contributed by atoms with Crippen LogP contribution in [0.1, 0.15) is 11.3 Å². The largest absolute Gasteiger partial charge is 0.377 e. The molecule has 1 aliphatic rings. The van der Waals surface area contributed by atoms with E-state index in [1.807, 2.05) is 50.2 Å². The summed E-state index contributed by atoms with van der Waals surface area (Å²) in [5, 5.41) is 9.39. The maximum Gasteiger partial charge on any atom is 0.298 e. The number of hydrogen-bond donors (Lipinski definition) is 1. The molecule has 0 spiro atoms. The lowest BCUT2D eigenvalue weighted by Gasteiger charge is -2.27. The van der Waals surface area contributed by atoms with Gasteiger partial charge in [0.05, 0.1) is 24.9 Å². The summed E-state index contributed by atoms with van der Waals surface area (Å²) in [6, 6.07) is 13.2. The van der Waals surface area contributed by atoms with Gasteiger partial charge in [-0.2, -0.15) is 9.78 Å². The number of ether oxygens (including phenoxy) is 1. The molecule has 1 saturated heterocycles. The van der Waals surface area contributed by atoms with E-state index in [0.29, 0.717) is 46.3 Å². The standard InChI is InChI=1S/C23H20ClN5O2/c1-13-9-19-21(15-3-5-16(24)6-4-15)28-29(23(30)22(19)26-14(13)2)18-7-8-25-20(10-18)27-17-11-31-12-17/h3-10,17H,11-12H2,1-2H3,(H,25,27). The van der Waals surface area contributed by atoms with Gasteiger partial charge in [-0.05, 0) is 43.7 Å². The van der Waals surface area contributed by atoms with Crippen molar-refractivity contribution in [3.63, 3.8) is 0 Å². The summed E-state index contributed by atoms with van der Waals surface area (Å²) in [7, 11) is 0. The Balaban J connectivity index is 1.72. The topological polar surface area (TPSA) is 81.9 Å². The van der Waals surface area contributed by atoms with Crippen LogP contribution in [0.5, 0.6) is 0 Å². The predicted molar refractivity (Wildman–Crippen MR) is 121 cm³/mol. The molecule has 5 rings (SSSR count). The number of aromatic nitrogens is 4. The molecule has 1 aromatic carbocycles. The summed E-state index contributed by atoms with van der Waals surface area (Å²) in [6.07, 6.45) is 1.66. The van der Waals surface area contributed by atoms with Gasteiger partial charge >= 0.3 is 0 Å². The summed E-state index contributed by atoms with van der Waals surface area (Å²) in [4.78, 5) is 22.4. The molecule has 4 heterocycles. The molecule has 0 unspecified atom stereocenters. The molecular weight excluding hydrogens is 414 g/mol. The molecule has 0 bridgehead atoms. The van der Waals surface area contributed by atoms with Gasteiger partial charge in [0.2, 0.25) is 0 Å².